The standard InChI is InChI=1S/C21H25N/c1-15-13-21(20-11-8-12-22-20,18(4)17(3)16(15)2)14-19-9-6-5-7-10-19/h5-13,18,22H,14H2,1-4H3. The normalized spacial score (nSPS) is 25.3. The lowest BCUT2D eigenvalue weighted by atomic mass is 9.62. The van der Waals surface area contributed by atoms with Gasteiger partial charge in [0.15, 0.2) is 0 Å². The summed E-state index contributed by atoms with van der Waals surface area (Å²) in [6.07, 6.45) is 5.55. The SMILES string of the molecule is CC1=CC(Cc2ccccc2)(c2ccc[nH]2)C(C)C(C)=C1C. The van der Waals surface area contributed by atoms with E-state index in [1.165, 1.54) is 28.0 Å². The van der Waals surface area contributed by atoms with Crippen LogP contribution in [0.5, 0.6) is 0 Å². The minimum absolute atomic E-state index is 0.0124. The van der Waals surface area contributed by atoms with Crippen LogP contribution in [0.15, 0.2) is 71.5 Å². The molecule has 2 atom stereocenters. The first-order valence-corrected chi connectivity index (χ1v) is 8.09. The monoisotopic (exact) mass is 291 g/mol. The van der Waals surface area contributed by atoms with Crippen LogP contribution in [0.2, 0.25) is 0 Å². The van der Waals surface area contributed by atoms with Crippen molar-refractivity contribution in [2.45, 2.75) is 39.5 Å². The van der Waals surface area contributed by atoms with Crippen LogP contribution < -0.4 is 0 Å². The average molecular weight is 291 g/mol. The first-order chi connectivity index (χ1) is 10.5. The molecule has 1 aromatic heterocycles. The van der Waals surface area contributed by atoms with E-state index in [0.717, 1.165) is 6.42 Å². The van der Waals surface area contributed by atoms with Crippen molar-refractivity contribution in [3.05, 3.63) is 82.7 Å². The number of H-pyrrole nitrogens is 1. The Bertz CT molecular complexity index is 704. The van der Waals surface area contributed by atoms with E-state index in [9.17, 15) is 0 Å². The van der Waals surface area contributed by atoms with Crippen LogP contribution >= 0.6 is 0 Å². The first kappa shape index (κ1) is 14.9. The molecule has 1 N–H and O–H groups in total. The lowest BCUT2D eigenvalue weighted by molar-refractivity contribution is 0.381. The molecule has 2 aromatic rings. The van der Waals surface area contributed by atoms with Crippen molar-refractivity contribution in [2.75, 3.05) is 0 Å². The molecule has 0 fully saturated rings. The van der Waals surface area contributed by atoms with Crippen LogP contribution in [-0.2, 0) is 11.8 Å². The maximum atomic E-state index is 3.49. The minimum Gasteiger partial charge on any atom is -0.364 e. The highest BCUT2D eigenvalue weighted by Gasteiger charge is 2.40. The molecule has 0 aliphatic heterocycles. The molecule has 1 heteroatoms. The zero-order valence-corrected chi connectivity index (χ0v) is 14.0. The van der Waals surface area contributed by atoms with Gasteiger partial charge in [0.25, 0.3) is 0 Å². The number of hydrogen-bond acceptors (Lipinski definition) is 0. The van der Waals surface area contributed by atoms with Crippen LogP contribution in [0.25, 0.3) is 0 Å². The largest absolute Gasteiger partial charge is 0.364 e. The van der Waals surface area contributed by atoms with Crippen LogP contribution in [-0.4, -0.2) is 4.98 Å². The van der Waals surface area contributed by atoms with Crippen LogP contribution in [0.4, 0.5) is 0 Å². The highest BCUT2D eigenvalue weighted by molar-refractivity contribution is 5.47. The predicted molar refractivity (Wildman–Crippen MR) is 93.9 cm³/mol. The number of hydrogen-bond donors (Lipinski definition) is 1. The molecule has 0 spiro atoms. The number of allylic oxidation sites excluding steroid dienone is 4. The molecule has 1 heterocycles. The fraction of sp³-hybridized carbons (Fsp3) is 0.333. The highest BCUT2D eigenvalue weighted by Crippen LogP contribution is 2.46. The molecule has 0 saturated heterocycles. The van der Waals surface area contributed by atoms with Gasteiger partial charge in [-0.3, -0.25) is 0 Å². The number of nitrogens with one attached hydrogen (secondary N) is 1. The van der Waals surface area contributed by atoms with E-state index < -0.39 is 0 Å². The molecule has 1 nitrogen and oxygen atoms in total. The number of benzene rings is 1. The molecule has 2 unspecified atom stereocenters. The molecule has 1 aromatic carbocycles. The van der Waals surface area contributed by atoms with Gasteiger partial charge in [0.05, 0.1) is 0 Å². The predicted octanol–water partition coefficient (Wildman–Crippen LogP) is 5.43. The molecule has 0 bridgehead atoms. The summed E-state index contributed by atoms with van der Waals surface area (Å²) in [6.45, 7) is 9.15. The molecule has 114 valence electrons. The van der Waals surface area contributed by atoms with E-state index in [1.54, 1.807) is 0 Å². The summed E-state index contributed by atoms with van der Waals surface area (Å²) in [5.74, 6) is 0.482. The molecule has 1 aliphatic rings. The van der Waals surface area contributed by atoms with Crippen molar-refractivity contribution in [1.29, 1.82) is 0 Å². The fourth-order valence-electron chi connectivity index (χ4n) is 3.81. The molecule has 0 amide bonds. The molecule has 3 rings (SSSR count). The van der Waals surface area contributed by atoms with E-state index in [-0.39, 0.29) is 5.41 Å². The summed E-state index contributed by atoms with van der Waals surface area (Å²) in [7, 11) is 0. The summed E-state index contributed by atoms with van der Waals surface area (Å²) in [4.78, 5) is 3.49. The third-order valence-electron chi connectivity index (χ3n) is 5.52. The van der Waals surface area contributed by atoms with Crippen molar-refractivity contribution < 1.29 is 0 Å². The van der Waals surface area contributed by atoms with E-state index in [0.29, 0.717) is 5.92 Å². The minimum atomic E-state index is 0.0124. The van der Waals surface area contributed by atoms with Gasteiger partial charge in [0, 0.05) is 17.3 Å². The van der Waals surface area contributed by atoms with Gasteiger partial charge in [-0.15, -0.1) is 0 Å². The van der Waals surface area contributed by atoms with Gasteiger partial charge in [-0.05, 0) is 56.4 Å². The van der Waals surface area contributed by atoms with E-state index in [4.69, 9.17) is 0 Å². The molecular formula is C21H25N. The highest BCUT2D eigenvalue weighted by atomic mass is 14.7. The fourth-order valence-corrected chi connectivity index (χ4v) is 3.81. The Balaban J connectivity index is 2.14. The number of aromatic amines is 1. The van der Waals surface area contributed by atoms with Crippen molar-refractivity contribution in [3.8, 4) is 0 Å². The van der Waals surface area contributed by atoms with Crippen LogP contribution in [0.3, 0.4) is 0 Å². The van der Waals surface area contributed by atoms with E-state index in [2.05, 4.69) is 81.2 Å². The Morgan fingerprint density at radius 1 is 1.00 bits per heavy atom. The summed E-state index contributed by atoms with van der Waals surface area (Å²) >= 11 is 0. The summed E-state index contributed by atoms with van der Waals surface area (Å²) < 4.78 is 0. The van der Waals surface area contributed by atoms with Crippen molar-refractivity contribution >= 4 is 0 Å². The topological polar surface area (TPSA) is 15.8 Å². The van der Waals surface area contributed by atoms with Gasteiger partial charge < -0.3 is 4.98 Å². The number of rotatable bonds is 3. The molecular weight excluding hydrogens is 266 g/mol. The van der Waals surface area contributed by atoms with Gasteiger partial charge in [-0.2, -0.15) is 0 Å². The van der Waals surface area contributed by atoms with Gasteiger partial charge in [0.2, 0.25) is 0 Å². The van der Waals surface area contributed by atoms with Crippen molar-refractivity contribution in [3.63, 3.8) is 0 Å². The lowest BCUT2D eigenvalue weighted by Gasteiger charge is -2.41. The number of aromatic nitrogens is 1. The maximum Gasteiger partial charge on any atom is 0.0391 e. The van der Waals surface area contributed by atoms with Crippen LogP contribution in [0.1, 0.15) is 39.0 Å². The smallest absolute Gasteiger partial charge is 0.0391 e. The summed E-state index contributed by atoms with van der Waals surface area (Å²) in [5, 5.41) is 0. The van der Waals surface area contributed by atoms with Crippen molar-refractivity contribution in [2.24, 2.45) is 5.92 Å². The molecule has 22 heavy (non-hydrogen) atoms. The van der Waals surface area contributed by atoms with Crippen molar-refractivity contribution in [1.82, 2.24) is 4.98 Å². The second-order valence-corrected chi connectivity index (χ2v) is 6.64. The Morgan fingerprint density at radius 2 is 1.73 bits per heavy atom. The van der Waals surface area contributed by atoms with Gasteiger partial charge in [-0.1, -0.05) is 54.5 Å². The van der Waals surface area contributed by atoms with Crippen LogP contribution in [0, 0.1) is 5.92 Å². The zero-order chi connectivity index (χ0) is 15.7. The maximum absolute atomic E-state index is 3.49. The zero-order valence-electron chi connectivity index (χ0n) is 14.0. The molecule has 1 aliphatic carbocycles. The Hall–Kier alpha value is -2.02. The average Bonchev–Trinajstić information content (AvgIpc) is 3.06. The molecule has 0 radical (unpaired) electrons. The molecule has 0 saturated carbocycles. The van der Waals surface area contributed by atoms with Gasteiger partial charge >= 0.3 is 0 Å². The quantitative estimate of drug-likeness (QED) is 0.776. The van der Waals surface area contributed by atoms with Gasteiger partial charge in [0.1, 0.15) is 0 Å². The first-order valence-electron chi connectivity index (χ1n) is 8.09. The Labute approximate surface area is 133 Å². The summed E-state index contributed by atoms with van der Waals surface area (Å²) in [5.41, 5.74) is 7.07. The third kappa shape index (κ3) is 2.35. The summed E-state index contributed by atoms with van der Waals surface area (Å²) in [6, 6.07) is 15.2. The van der Waals surface area contributed by atoms with E-state index in [1.807, 2.05) is 6.20 Å². The Morgan fingerprint density at radius 3 is 2.36 bits per heavy atom. The Kier molecular flexibility index (Phi) is 3.82. The van der Waals surface area contributed by atoms with E-state index >= 15 is 0 Å². The third-order valence-corrected chi connectivity index (χ3v) is 5.52. The lowest BCUT2D eigenvalue weighted by Crippen LogP contribution is -2.38. The van der Waals surface area contributed by atoms with Gasteiger partial charge in [-0.25, -0.2) is 0 Å². The second kappa shape index (κ2) is 5.64. The second-order valence-electron chi connectivity index (χ2n) is 6.64.